The first-order valence-corrected chi connectivity index (χ1v) is 8.84. The summed E-state index contributed by atoms with van der Waals surface area (Å²) in [6.07, 6.45) is 5.28. The minimum Gasteiger partial charge on any atom is -0.480 e. The summed E-state index contributed by atoms with van der Waals surface area (Å²) in [5, 5.41) is 18.8. The zero-order chi connectivity index (χ0) is 18.4. The van der Waals surface area contributed by atoms with Gasteiger partial charge in [0.2, 0.25) is 0 Å². The third-order valence-corrected chi connectivity index (χ3v) is 4.76. The number of aromatic nitrogens is 1. The number of carbonyl (C=O) groups is 1. The molecule has 1 saturated heterocycles. The highest BCUT2D eigenvalue weighted by molar-refractivity contribution is 5.75. The molecule has 2 aromatic rings. The van der Waals surface area contributed by atoms with Crippen LogP contribution in [0.3, 0.4) is 0 Å². The molecule has 1 fully saturated rings. The van der Waals surface area contributed by atoms with E-state index in [1.165, 1.54) is 0 Å². The summed E-state index contributed by atoms with van der Waals surface area (Å²) < 4.78 is 5.95. The van der Waals surface area contributed by atoms with Gasteiger partial charge in [0.1, 0.15) is 6.04 Å². The number of nitrogens with zero attached hydrogens (tertiary/aromatic N) is 2. The van der Waals surface area contributed by atoms with Crippen molar-refractivity contribution in [1.82, 2.24) is 9.88 Å². The minimum atomic E-state index is -0.850. The van der Waals surface area contributed by atoms with Crippen LogP contribution < -0.4 is 0 Å². The van der Waals surface area contributed by atoms with Crippen LogP contribution in [0, 0.1) is 0 Å². The van der Waals surface area contributed by atoms with Gasteiger partial charge < -0.3 is 14.9 Å². The van der Waals surface area contributed by atoms with Crippen molar-refractivity contribution in [3.8, 4) is 0 Å². The fourth-order valence-electron chi connectivity index (χ4n) is 3.31. The Labute approximate surface area is 153 Å². The minimum absolute atomic E-state index is 0.0440. The molecule has 2 heterocycles. The summed E-state index contributed by atoms with van der Waals surface area (Å²) in [6, 6.07) is 10.3. The maximum Gasteiger partial charge on any atom is 0.325 e. The molecule has 138 valence electrons. The van der Waals surface area contributed by atoms with Gasteiger partial charge in [0.25, 0.3) is 0 Å². The van der Waals surface area contributed by atoms with Crippen molar-refractivity contribution >= 4 is 5.97 Å². The lowest BCUT2D eigenvalue weighted by atomic mass is 9.99. The summed E-state index contributed by atoms with van der Waals surface area (Å²) in [4.78, 5) is 17.9. The molecular formula is C20H24N2O4. The van der Waals surface area contributed by atoms with Gasteiger partial charge in [0, 0.05) is 25.5 Å². The van der Waals surface area contributed by atoms with E-state index in [-0.39, 0.29) is 12.7 Å². The summed E-state index contributed by atoms with van der Waals surface area (Å²) in [5.41, 5.74) is 2.56. The van der Waals surface area contributed by atoms with Crippen LogP contribution in [0.15, 0.2) is 48.8 Å². The molecule has 0 amide bonds. The van der Waals surface area contributed by atoms with Crippen LogP contribution in [-0.4, -0.2) is 45.3 Å². The van der Waals surface area contributed by atoms with Crippen molar-refractivity contribution in [2.75, 3.05) is 13.1 Å². The monoisotopic (exact) mass is 356 g/mol. The number of ether oxygens (including phenoxy) is 1. The number of hydrogen-bond donors (Lipinski definition) is 2. The highest BCUT2D eigenvalue weighted by Crippen LogP contribution is 2.26. The Balaban J connectivity index is 1.56. The molecule has 6 nitrogen and oxygen atoms in total. The third-order valence-electron chi connectivity index (χ3n) is 4.76. The maximum absolute atomic E-state index is 11.8. The topological polar surface area (TPSA) is 82.9 Å². The molecule has 0 aliphatic carbocycles. The molecule has 26 heavy (non-hydrogen) atoms. The first kappa shape index (κ1) is 18.5. The molecule has 1 atom stereocenters. The number of likely N-dealkylation sites (tertiary alicyclic amines) is 1. The summed E-state index contributed by atoms with van der Waals surface area (Å²) in [6.45, 7) is 1.84. The number of rotatable bonds is 7. The Morgan fingerprint density at radius 1 is 1.19 bits per heavy atom. The van der Waals surface area contributed by atoms with Crippen molar-refractivity contribution in [3.05, 3.63) is 65.5 Å². The average molecular weight is 356 g/mol. The molecule has 1 aromatic carbocycles. The summed E-state index contributed by atoms with van der Waals surface area (Å²) in [5.74, 6) is -0.850. The highest BCUT2D eigenvalue weighted by Gasteiger charge is 2.31. The van der Waals surface area contributed by atoms with Crippen molar-refractivity contribution in [3.63, 3.8) is 0 Å². The molecule has 3 rings (SSSR count). The predicted octanol–water partition coefficient (Wildman–Crippen LogP) is 2.38. The number of hydrogen-bond acceptors (Lipinski definition) is 5. The van der Waals surface area contributed by atoms with Gasteiger partial charge in [-0.05, 0) is 35.6 Å². The van der Waals surface area contributed by atoms with E-state index in [2.05, 4.69) is 4.98 Å². The number of carboxylic acids is 1. The SMILES string of the molecule is O=C(O)[C@@H](c1ccc(CO)cc1)N1CCC(OCc2cccnc2)CC1. The predicted molar refractivity (Wildman–Crippen MR) is 96.4 cm³/mol. The lowest BCUT2D eigenvalue weighted by molar-refractivity contribution is -0.145. The van der Waals surface area contributed by atoms with E-state index in [1.54, 1.807) is 36.7 Å². The number of piperidine rings is 1. The molecule has 0 spiro atoms. The Kier molecular flexibility index (Phi) is 6.33. The summed E-state index contributed by atoms with van der Waals surface area (Å²) in [7, 11) is 0. The Hall–Kier alpha value is -2.28. The van der Waals surface area contributed by atoms with Crippen molar-refractivity contribution in [1.29, 1.82) is 0 Å². The van der Waals surface area contributed by atoms with E-state index in [0.29, 0.717) is 19.7 Å². The van der Waals surface area contributed by atoms with E-state index < -0.39 is 12.0 Å². The van der Waals surface area contributed by atoms with Crippen LogP contribution in [0.2, 0.25) is 0 Å². The number of aliphatic hydroxyl groups excluding tert-OH is 1. The molecule has 0 saturated carbocycles. The molecule has 1 aliphatic heterocycles. The second kappa shape index (κ2) is 8.89. The molecule has 0 bridgehead atoms. The van der Waals surface area contributed by atoms with Crippen LogP contribution in [-0.2, 0) is 22.7 Å². The van der Waals surface area contributed by atoms with Crippen molar-refractivity contribution < 1.29 is 19.7 Å². The largest absolute Gasteiger partial charge is 0.480 e. The lowest BCUT2D eigenvalue weighted by Gasteiger charge is -2.35. The van der Waals surface area contributed by atoms with E-state index >= 15 is 0 Å². The fraction of sp³-hybridized carbons (Fsp3) is 0.400. The Bertz CT molecular complexity index is 698. The first-order chi connectivity index (χ1) is 12.7. The van der Waals surface area contributed by atoms with Gasteiger partial charge in [-0.25, -0.2) is 0 Å². The third kappa shape index (κ3) is 4.66. The number of pyridine rings is 1. The maximum atomic E-state index is 11.8. The molecule has 1 aliphatic rings. The molecule has 1 aromatic heterocycles. The second-order valence-corrected chi connectivity index (χ2v) is 6.55. The van der Waals surface area contributed by atoms with E-state index in [0.717, 1.165) is 29.5 Å². The van der Waals surface area contributed by atoms with Crippen LogP contribution >= 0.6 is 0 Å². The van der Waals surface area contributed by atoms with E-state index in [4.69, 9.17) is 9.84 Å². The Morgan fingerprint density at radius 3 is 2.50 bits per heavy atom. The lowest BCUT2D eigenvalue weighted by Crippen LogP contribution is -2.42. The second-order valence-electron chi connectivity index (χ2n) is 6.55. The van der Waals surface area contributed by atoms with E-state index in [9.17, 15) is 9.90 Å². The molecule has 0 unspecified atom stereocenters. The van der Waals surface area contributed by atoms with Gasteiger partial charge in [0.15, 0.2) is 0 Å². The van der Waals surface area contributed by atoms with Gasteiger partial charge in [-0.2, -0.15) is 0 Å². The fourth-order valence-corrected chi connectivity index (χ4v) is 3.31. The molecule has 2 N–H and O–H groups in total. The van der Waals surface area contributed by atoms with Gasteiger partial charge >= 0.3 is 5.97 Å². The normalized spacial score (nSPS) is 17.1. The van der Waals surface area contributed by atoms with Gasteiger partial charge in [-0.1, -0.05) is 30.3 Å². The molecule has 6 heteroatoms. The number of benzene rings is 1. The number of aliphatic carboxylic acids is 1. The quantitative estimate of drug-likeness (QED) is 0.793. The zero-order valence-corrected chi connectivity index (χ0v) is 14.6. The smallest absolute Gasteiger partial charge is 0.325 e. The van der Waals surface area contributed by atoms with E-state index in [1.807, 2.05) is 17.0 Å². The van der Waals surface area contributed by atoms with Crippen LogP contribution in [0.1, 0.15) is 35.6 Å². The first-order valence-electron chi connectivity index (χ1n) is 8.84. The number of carboxylic acid groups (broad SMARTS) is 1. The van der Waals surface area contributed by atoms with Crippen LogP contribution in [0.5, 0.6) is 0 Å². The zero-order valence-electron chi connectivity index (χ0n) is 14.6. The standard InChI is InChI=1S/C20H24N2O4/c23-13-15-3-5-17(6-4-15)19(20(24)25)22-10-7-18(8-11-22)26-14-16-2-1-9-21-12-16/h1-6,9,12,18-19,23H,7-8,10-11,13-14H2,(H,24,25)/t19-/m1/s1. The van der Waals surface area contributed by atoms with Crippen LogP contribution in [0.25, 0.3) is 0 Å². The number of aliphatic hydroxyl groups is 1. The summed E-state index contributed by atoms with van der Waals surface area (Å²) >= 11 is 0. The van der Waals surface area contributed by atoms with Crippen LogP contribution in [0.4, 0.5) is 0 Å². The Morgan fingerprint density at radius 2 is 1.92 bits per heavy atom. The van der Waals surface area contributed by atoms with Crippen molar-refractivity contribution in [2.45, 2.75) is 38.2 Å². The molecule has 0 radical (unpaired) electrons. The highest BCUT2D eigenvalue weighted by atomic mass is 16.5. The van der Waals surface area contributed by atoms with Crippen molar-refractivity contribution in [2.24, 2.45) is 0 Å². The van der Waals surface area contributed by atoms with Gasteiger partial charge in [0.05, 0.1) is 19.3 Å². The average Bonchev–Trinajstić information content (AvgIpc) is 2.68. The van der Waals surface area contributed by atoms with Gasteiger partial charge in [-0.3, -0.25) is 14.7 Å². The molecular weight excluding hydrogens is 332 g/mol. The van der Waals surface area contributed by atoms with Gasteiger partial charge in [-0.15, -0.1) is 0 Å².